The van der Waals surface area contributed by atoms with Crippen LogP contribution >= 0.6 is 15.9 Å². The minimum Gasteiger partial charge on any atom is -0.478 e. The first-order valence-corrected chi connectivity index (χ1v) is 6.45. The zero-order valence-corrected chi connectivity index (χ0v) is 11.7. The molecule has 1 aromatic rings. The molecule has 1 aliphatic carbocycles. The van der Waals surface area contributed by atoms with E-state index in [0.29, 0.717) is 16.7 Å². The number of aliphatic hydroxyl groups is 1. The zero-order chi connectivity index (χ0) is 13.5. The smallest absolute Gasteiger partial charge is 0.339 e. The summed E-state index contributed by atoms with van der Waals surface area (Å²) in [5.74, 6) is -0.681. The van der Waals surface area contributed by atoms with E-state index in [-0.39, 0.29) is 23.1 Å². The Labute approximate surface area is 113 Å². The number of halogens is 1. The van der Waals surface area contributed by atoms with E-state index in [0.717, 1.165) is 0 Å². The van der Waals surface area contributed by atoms with Crippen molar-refractivity contribution in [2.75, 3.05) is 5.32 Å². The Balaban J connectivity index is 2.23. The molecule has 3 N–H and O–H groups in total. The highest BCUT2D eigenvalue weighted by molar-refractivity contribution is 9.10. The van der Waals surface area contributed by atoms with Crippen molar-refractivity contribution in [1.82, 2.24) is 4.98 Å². The Morgan fingerprint density at radius 2 is 2.28 bits per heavy atom. The van der Waals surface area contributed by atoms with E-state index in [1.165, 1.54) is 6.07 Å². The molecule has 2 unspecified atom stereocenters. The van der Waals surface area contributed by atoms with Crippen LogP contribution in [0.2, 0.25) is 0 Å². The number of hydrogen-bond acceptors (Lipinski definition) is 4. The molecule has 6 heteroatoms. The van der Waals surface area contributed by atoms with Crippen molar-refractivity contribution in [2.24, 2.45) is 5.41 Å². The van der Waals surface area contributed by atoms with Gasteiger partial charge in [0.05, 0.1) is 6.10 Å². The summed E-state index contributed by atoms with van der Waals surface area (Å²) < 4.78 is 0.623. The van der Waals surface area contributed by atoms with E-state index in [9.17, 15) is 9.90 Å². The van der Waals surface area contributed by atoms with Crippen LogP contribution in [0.3, 0.4) is 0 Å². The molecule has 2 atom stereocenters. The lowest BCUT2D eigenvalue weighted by atomic mass is 9.64. The van der Waals surface area contributed by atoms with E-state index < -0.39 is 5.97 Å². The van der Waals surface area contributed by atoms with Gasteiger partial charge in [-0.25, -0.2) is 9.78 Å². The molecule has 1 heterocycles. The molecule has 18 heavy (non-hydrogen) atoms. The maximum atomic E-state index is 11.1. The predicted octanol–water partition coefficient (Wildman–Crippen LogP) is 2.11. The lowest BCUT2D eigenvalue weighted by Crippen LogP contribution is -2.57. The highest BCUT2D eigenvalue weighted by Crippen LogP contribution is 2.42. The molecule has 5 nitrogen and oxygen atoms in total. The van der Waals surface area contributed by atoms with Gasteiger partial charge < -0.3 is 15.5 Å². The lowest BCUT2D eigenvalue weighted by Gasteiger charge is -2.49. The van der Waals surface area contributed by atoms with Gasteiger partial charge >= 0.3 is 5.97 Å². The number of nitrogens with zero attached hydrogens (tertiary/aromatic N) is 1. The van der Waals surface area contributed by atoms with Gasteiger partial charge in [-0.2, -0.15) is 0 Å². The summed E-state index contributed by atoms with van der Waals surface area (Å²) in [5, 5.41) is 21.9. The van der Waals surface area contributed by atoms with Crippen molar-refractivity contribution in [3.63, 3.8) is 0 Å². The Bertz CT molecular complexity index is 490. The minimum absolute atomic E-state index is 0.0271. The summed E-state index contributed by atoms with van der Waals surface area (Å²) in [6.07, 6.45) is 1.79. The van der Waals surface area contributed by atoms with Gasteiger partial charge in [0.2, 0.25) is 0 Å². The van der Waals surface area contributed by atoms with Gasteiger partial charge in [0.1, 0.15) is 11.4 Å². The molecule has 1 aromatic heterocycles. The van der Waals surface area contributed by atoms with E-state index in [1.807, 2.05) is 13.8 Å². The van der Waals surface area contributed by atoms with Crippen LogP contribution in [-0.2, 0) is 0 Å². The molecule has 0 spiro atoms. The number of carboxylic acid groups (broad SMARTS) is 1. The summed E-state index contributed by atoms with van der Waals surface area (Å²) in [5.41, 5.74) is -0.147. The molecule has 1 aliphatic rings. The quantitative estimate of drug-likeness (QED) is 0.796. The normalized spacial score (nSPS) is 25.3. The maximum absolute atomic E-state index is 11.1. The van der Waals surface area contributed by atoms with Gasteiger partial charge in [-0.05, 0) is 28.4 Å². The van der Waals surface area contributed by atoms with Crippen LogP contribution in [0.15, 0.2) is 16.7 Å². The van der Waals surface area contributed by atoms with Gasteiger partial charge in [0, 0.05) is 22.1 Å². The monoisotopic (exact) mass is 314 g/mol. The average Bonchev–Trinajstić information content (AvgIpc) is 2.30. The van der Waals surface area contributed by atoms with Gasteiger partial charge in [0.25, 0.3) is 0 Å². The first kappa shape index (κ1) is 13.3. The zero-order valence-electron chi connectivity index (χ0n) is 10.1. The Morgan fingerprint density at radius 1 is 1.61 bits per heavy atom. The van der Waals surface area contributed by atoms with Crippen molar-refractivity contribution in [3.8, 4) is 0 Å². The number of hydrogen-bond donors (Lipinski definition) is 3. The summed E-state index contributed by atoms with van der Waals surface area (Å²) in [4.78, 5) is 15.2. The fraction of sp³-hybridized carbons (Fsp3) is 0.500. The fourth-order valence-corrected chi connectivity index (χ4v) is 2.36. The van der Waals surface area contributed by atoms with E-state index in [1.54, 1.807) is 6.20 Å². The van der Waals surface area contributed by atoms with E-state index in [2.05, 4.69) is 26.2 Å². The summed E-state index contributed by atoms with van der Waals surface area (Å²) in [6.45, 7) is 3.89. The van der Waals surface area contributed by atoms with Gasteiger partial charge in [0.15, 0.2) is 0 Å². The Hall–Kier alpha value is -1.14. The minimum atomic E-state index is -1.02. The molecule has 0 bridgehead atoms. The number of nitrogens with one attached hydrogen (secondary N) is 1. The summed E-state index contributed by atoms with van der Waals surface area (Å²) >= 11 is 3.20. The summed E-state index contributed by atoms with van der Waals surface area (Å²) in [7, 11) is 0. The molecular formula is C12H15BrN2O3. The van der Waals surface area contributed by atoms with Crippen molar-refractivity contribution in [1.29, 1.82) is 0 Å². The van der Waals surface area contributed by atoms with Crippen LogP contribution in [-0.4, -0.2) is 33.3 Å². The van der Waals surface area contributed by atoms with Gasteiger partial charge in [-0.1, -0.05) is 13.8 Å². The first-order valence-electron chi connectivity index (χ1n) is 5.66. The third kappa shape index (κ3) is 2.22. The van der Waals surface area contributed by atoms with Gasteiger partial charge in [-0.3, -0.25) is 0 Å². The molecule has 0 amide bonds. The second-order valence-corrected chi connectivity index (χ2v) is 6.04. The molecule has 2 rings (SSSR count). The van der Waals surface area contributed by atoms with Gasteiger partial charge in [-0.15, -0.1) is 0 Å². The molecule has 0 radical (unpaired) electrons. The topological polar surface area (TPSA) is 82.5 Å². The average molecular weight is 315 g/mol. The van der Waals surface area contributed by atoms with Crippen LogP contribution < -0.4 is 5.32 Å². The van der Waals surface area contributed by atoms with Crippen LogP contribution in [0.1, 0.15) is 30.6 Å². The molecule has 0 saturated heterocycles. The third-order valence-electron chi connectivity index (χ3n) is 3.61. The second kappa shape index (κ2) is 4.51. The molecule has 1 saturated carbocycles. The Kier molecular flexibility index (Phi) is 3.33. The number of aromatic carboxylic acids is 1. The predicted molar refractivity (Wildman–Crippen MR) is 70.7 cm³/mol. The van der Waals surface area contributed by atoms with E-state index in [4.69, 9.17) is 5.11 Å². The number of aromatic nitrogens is 1. The molecule has 0 aromatic carbocycles. The molecular weight excluding hydrogens is 300 g/mol. The first-order chi connectivity index (χ1) is 8.32. The van der Waals surface area contributed by atoms with Crippen molar-refractivity contribution in [2.45, 2.75) is 32.4 Å². The van der Waals surface area contributed by atoms with Crippen LogP contribution in [0, 0.1) is 5.41 Å². The van der Waals surface area contributed by atoms with Crippen LogP contribution in [0.25, 0.3) is 0 Å². The number of carboxylic acids is 1. The SMILES string of the molecule is CC1(C)C(O)CC1Nc1ncc(Br)cc1C(=O)O. The number of anilines is 1. The third-order valence-corrected chi connectivity index (χ3v) is 4.05. The summed E-state index contributed by atoms with van der Waals surface area (Å²) in [6, 6.07) is 1.54. The van der Waals surface area contributed by atoms with Crippen molar-refractivity contribution >= 4 is 27.7 Å². The fourth-order valence-electron chi connectivity index (χ4n) is 2.03. The largest absolute Gasteiger partial charge is 0.478 e. The number of pyridine rings is 1. The van der Waals surface area contributed by atoms with Crippen LogP contribution in [0.4, 0.5) is 5.82 Å². The highest BCUT2D eigenvalue weighted by Gasteiger charge is 2.47. The number of rotatable bonds is 3. The van der Waals surface area contributed by atoms with Crippen LogP contribution in [0.5, 0.6) is 0 Å². The number of aliphatic hydroxyl groups excluding tert-OH is 1. The Morgan fingerprint density at radius 3 is 2.78 bits per heavy atom. The maximum Gasteiger partial charge on any atom is 0.339 e. The lowest BCUT2D eigenvalue weighted by molar-refractivity contribution is -0.0511. The molecule has 98 valence electrons. The number of carbonyl (C=O) groups is 1. The second-order valence-electron chi connectivity index (χ2n) is 5.12. The highest BCUT2D eigenvalue weighted by atomic mass is 79.9. The van der Waals surface area contributed by atoms with Crippen molar-refractivity contribution < 1.29 is 15.0 Å². The molecule has 1 fully saturated rings. The van der Waals surface area contributed by atoms with E-state index >= 15 is 0 Å². The van der Waals surface area contributed by atoms with Crippen molar-refractivity contribution in [3.05, 3.63) is 22.3 Å². The molecule has 0 aliphatic heterocycles. The standard InChI is InChI=1S/C12H15BrN2O3/c1-12(2)8(4-9(12)16)15-10-7(11(17)18)3-6(13)5-14-10/h3,5,8-9,16H,4H2,1-2H3,(H,14,15)(H,17,18).